The maximum atomic E-state index is 14.2. The second-order valence-electron chi connectivity index (χ2n) is 25.5. The third kappa shape index (κ3) is 22.7. The molecule has 0 fully saturated rings. The third-order valence-corrected chi connectivity index (χ3v) is 17.7. The average Bonchev–Trinajstić information content (AvgIpc) is 1.66. The minimum atomic E-state index is -0.939. The molecule has 0 aromatic heterocycles. The topological polar surface area (TPSA) is 352 Å². The number of aliphatic hydroxyl groups is 2. The van der Waals surface area contributed by atoms with Crippen molar-refractivity contribution in [3.63, 3.8) is 0 Å². The molecule has 4 aromatic rings. The number of ether oxygens (including phenoxy) is 14. The molecular formula is C76H94N9O22+. The molecule has 0 aliphatic carbocycles. The van der Waals surface area contributed by atoms with Gasteiger partial charge in [-0.25, -0.2) is 0 Å². The van der Waals surface area contributed by atoms with Gasteiger partial charge in [-0.15, -0.1) is 0 Å². The molecule has 0 saturated carbocycles. The first-order valence-electron chi connectivity index (χ1n) is 35.8. The van der Waals surface area contributed by atoms with E-state index in [2.05, 4.69) is 26.0 Å². The molecule has 0 unspecified atom stereocenters. The van der Waals surface area contributed by atoms with E-state index < -0.39 is 35.7 Å². The Kier molecular flexibility index (Phi) is 30.1. The van der Waals surface area contributed by atoms with Gasteiger partial charge in [0.25, 0.3) is 23.6 Å². The van der Waals surface area contributed by atoms with E-state index >= 15 is 0 Å². The van der Waals surface area contributed by atoms with Gasteiger partial charge >= 0.3 is 0 Å². The monoisotopic (exact) mass is 1480 g/mol. The molecule has 5 N–H and O–H groups in total. The van der Waals surface area contributed by atoms with Crippen molar-refractivity contribution in [3.05, 3.63) is 114 Å². The van der Waals surface area contributed by atoms with Crippen molar-refractivity contribution in [2.45, 2.75) is 77.0 Å². The van der Waals surface area contributed by atoms with Gasteiger partial charge in [0.15, 0.2) is 47.7 Å². The van der Waals surface area contributed by atoms with Crippen LogP contribution < -0.4 is 49.7 Å². The molecule has 0 spiro atoms. The van der Waals surface area contributed by atoms with E-state index in [1.54, 1.807) is 79.4 Å². The van der Waals surface area contributed by atoms with Crippen molar-refractivity contribution in [2.75, 3.05) is 158 Å². The molecule has 6 aliphatic rings. The van der Waals surface area contributed by atoms with E-state index in [0.717, 1.165) is 27.2 Å². The lowest BCUT2D eigenvalue weighted by atomic mass is 10.0. The molecule has 4 aromatic carbocycles. The molecule has 8 amide bonds. The van der Waals surface area contributed by atoms with Gasteiger partial charge in [-0.3, -0.25) is 53.2 Å². The van der Waals surface area contributed by atoms with E-state index in [1.807, 2.05) is 42.7 Å². The molecule has 0 bridgehead atoms. The summed E-state index contributed by atoms with van der Waals surface area (Å²) >= 11 is 0. The van der Waals surface area contributed by atoms with Crippen LogP contribution in [0.5, 0.6) is 34.5 Å². The molecule has 574 valence electrons. The summed E-state index contributed by atoms with van der Waals surface area (Å²) in [6, 6.07) is 17.2. The van der Waals surface area contributed by atoms with Crippen LogP contribution in [0, 0.1) is 5.92 Å². The van der Waals surface area contributed by atoms with E-state index in [-0.39, 0.29) is 87.6 Å². The summed E-state index contributed by atoms with van der Waals surface area (Å²) in [6.07, 6.45) is 11.2. The van der Waals surface area contributed by atoms with Crippen LogP contribution in [0.15, 0.2) is 101 Å². The minimum absolute atomic E-state index is 0.0280. The van der Waals surface area contributed by atoms with Crippen LogP contribution in [0.2, 0.25) is 0 Å². The fourth-order valence-corrected chi connectivity index (χ4v) is 11.9. The van der Waals surface area contributed by atoms with E-state index in [9.17, 15) is 38.4 Å². The van der Waals surface area contributed by atoms with Gasteiger partial charge in [-0.05, 0) is 71.5 Å². The minimum Gasteiger partial charge on any atom is -0.493 e. The normalized spacial score (nSPS) is 16.5. The summed E-state index contributed by atoms with van der Waals surface area (Å²) in [6.45, 7) is 12.1. The van der Waals surface area contributed by atoms with Crippen molar-refractivity contribution in [2.24, 2.45) is 15.9 Å². The van der Waals surface area contributed by atoms with Gasteiger partial charge in [-0.2, -0.15) is 0 Å². The summed E-state index contributed by atoms with van der Waals surface area (Å²) in [5.74, 6) is -0.223. The zero-order valence-electron chi connectivity index (χ0n) is 60.8. The number of amides is 8. The molecular weight excluding hydrogens is 1390 g/mol. The first-order valence-corrected chi connectivity index (χ1v) is 35.8. The number of rotatable bonds is 46. The number of imide groups is 1. The second kappa shape index (κ2) is 40.6. The van der Waals surface area contributed by atoms with E-state index in [0.29, 0.717) is 188 Å². The number of benzene rings is 4. The predicted molar refractivity (Wildman–Crippen MR) is 391 cm³/mol. The predicted octanol–water partition coefficient (Wildman–Crippen LogP) is 5.27. The molecule has 6 heterocycles. The molecule has 0 saturated heterocycles. The van der Waals surface area contributed by atoms with Crippen molar-refractivity contribution in [3.8, 4) is 34.5 Å². The molecule has 31 nitrogen and oxygen atoms in total. The second-order valence-corrected chi connectivity index (χ2v) is 25.5. The fraction of sp³-hybridized carbons (Fsp3) is 0.474. The van der Waals surface area contributed by atoms with Crippen LogP contribution >= 0.6 is 0 Å². The Hall–Kier alpha value is -10.1. The Morgan fingerprint density at radius 3 is 1.58 bits per heavy atom. The largest absolute Gasteiger partial charge is 0.493 e. The lowest BCUT2D eigenvalue weighted by Gasteiger charge is -2.23. The van der Waals surface area contributed by atoms with Crippen LogP contribution in [0.1, 0.15) is 84.7 Å². The summed E-state index contributed by atoms with van der Waals surface area (Å²) in [5, 5.41) is 11.1. The van der Waals surface area contributed by atoms with Gasteiger partial charge in [0.2, 0.25) is 30.4 Å². The summed E-state index contributed by atoms with van der Waals surface area (Å²) in [4.78, 5) is 117. The highest BCUT2D eigenvalue weighted by Crippen LogP contribution is 2.43. The molecule has 107 heavy (non-hydrogen) atoms. The highest BCUT2D eigenvalue weighted by molar-refractivity contribution is 6.13. The van der Waals surface area contributed by atoms with Crippen LogP contribution in [0.3, 0.4) is 0 Å². The Balaban J connectivity index is 0.539. The van der Waals surface area contributed by atoms with Gasteiger partial charge in [0.05, 0.1) is 154 Å². The molecule has 31 heteroatoms. The third-order valence-electron chi connectivity index (χ3n) is 17.7. The number of carbonyl (C=O) groups is 8. The number of fused-ring (bicyclic) bond motifs is 5. The summed E-state index contributed by atoms with van der Waals surface area (Å²) in [5.41, 5.74) is 5.77. The van der Waals surface area contributed by atoms with Gasteiger partial charge in [-0.1, -0.05) is 32.0 Å². The number of hydrogen-bond donors (Lipinski definition) is 4. The fourth-order valence-electron chi connectivity index (χ4n) is 11.9. The van der Waals surface area contributed by atoms with Crippen molar-refractivity contribution >= 4 is 87.9 Å². The van der Waals surface area contributed by atoms with E-state index in [1.165, 1.54) is 26.4 Å². The molecule has 0 radical (unpaired) electrons. The number of methoxy groups -OCH3 is 2. The highest BCUT2D eigenvalue weighted by atomic mass is 16.7. The average molecular weight is 1490 g/mol. The van der Waals surface area contributed by atoms with Crippen molar-refractivity contribution < 1.29 is 105 Å². The molecule has 4 atom stereocenters. The highest BCUT2D eigenvalue weighted by Gasteiger charge is 2.37. The maximum Gasteiger partial charge on any atom is 0.260 e. The zero-order valence-corrected chi connectivity index (χ0v) is 60.8. The zero-order chi connectivity index (χ0) is 75.4. The van der Waals surface area contributed by atoms with Gasteiger partial charge in [0.1, 0.15) is 18.7 Å². The molecule has 10 rings (SSSR count). The van der Waals surface area contributed by atoms with Gasteiger partial charge < -0.3 is 97.4 Å². The first-order chi connectivity index (χ1) is 52.0. The van der Waals surface area contributed by atoms with Crippen LogP contribution in [0.4, 0.5) is 17.1 Å². The smallest absolute Gasteiger partial charge is 0.260 e. The Morgan fingerprint density at radius 1 is 0.542 bits per heavy atom. The standard InChI is InChI=1S/C76H93N9O22/c1-49(2)72(82-69(87)16-21-96-23-25-98-27-29-100-31-33-102-35-36-103-34-32-101-30-28-99-26-24-97-22-17-77-68(86)15-18-83-70(88)13-14-71(83)89)74(91)80-50(3)73(90)81-55-10-7-51(8-11-55)53-37-56-44-78-60-42-66(63(94-4)40-58(60)75(92)84(56)46-53)104-19-6-20-105-67-43-61-59(41-64(67)95-5)76(93)85-47-54(38-57(85)45-79-61)52-9-12-62-65(39-52)107-48-106-62/h7-14,39-47,49-50,56-57,72H,6,15-38,48H2,1-5H3,(H,77,86)(H,80,91)(H,81,90)(H,82,87)/p+1/t50-,56-,57-,72-/m0/s1. The van der Waals surface area contributed by atoms with Gasteiger partial charge in [0, 0.05) is 93.6 Å². The number of carbonyl (C=O) groups excluding carboxylic acids is 8. The Morgan fingerprint density at radius 2 is 1.05 bits per heavy atom. The Bertz CT molecular complexity index is 3920. The van der Waals surface area contributed by atoms with Crippen LogP contribution in [-0.4, -0.2) is 256 Å². The lowest BCUT2D eigenvalue weighted by Crippen LogP contribution is -2.53. The van der Waals surface area contributed by atoms with Crippen molar-refractivity contribution in [1.29, 1.82) is 0 Å². The number of nitrogens with one attached hydrogen (secondary N) is 4. The Labute approximate surface area is 620 Å². The van der Waals surface area contributed by atoms with E-state index in [4.69, 9.17) is 71.6 Å². The number of hydrogen-bond acceptors (Lipinski definition) is 23. The molecule has 6 aliphatic heterocycles. The maximum absolute atomic E-state index is 14.2. The quantitative estimate of drug-likeness (QED) is 0.0248. The number of nitrogens with zero attached hydrogens (tertiary/aromatic N) is 5. The SMILES string of the molecule is COc1cc2c(cc1OCCCOc1cc3c(cc1OC)C(=O)N1C=C(c4ccc5c(c4)OCO5)C[C@H]1C=N3)N=C[C@@H]1CC(c3ccc(NC(=O)[C@H](C)NC(=O)[C@@H](NC(=O)CC[OH+]CCOCCOCCOCCOCCOCCOCCOCCNC(=O)CCN4C(=O)C=CC4=O)C(C)C)cc3)=CN1C2=O. The number of aliphatic imine (C=N–C) groups is 2. The van der Waals surface area contributed by atoms with Crippen LogP contribution in [0.25, 0.3) is 11.1 Å². The number of anilines is 1. The lowest BCUT2D eigenvalue weighted by molar-refractivity contribution is -0.137. The van der Waals surface area contributed by atoms with Crippen LogP contribution in [-0.2, 0) is 61.9 Å². The first kappa shape index (κ1) is 79.4. The summed E-state index contributed by atoms with van der Waals surface area (Å²) in [7, 11) is 3.02. The van der Waals surface area contributed by atoms with Crippen molar-refractivity contribution in [1.82, 2.24) is 30.7 Å². The summed E-state index contributed by atoms with van der Waals surface area (Å²) < 4.78 is 77.7.